The normalized spacial score (nSPS) is 13.2. The summed E-state index contributed by atoms with van der Waals surface area (Å²) in [4.78, 5) is 0. The Kier molecular flexibility index (Phi) is 13.7. The van der Waals surface area contributed by atoms with Crippen molar-refractivity contribution in [3.05, 3.63) is 0 Å². The molecule has 0 aromatic rings. The zero-order valence-electron chi connectivity index (χ0n) is 8.20. The van der Waals surface area contributed by atoms with Gasteiger partial charge in [-0.1, -0.05) is 20.6 Å². The molecule has 0 fully saturated rings. The van der Waals surface area contributed by atoms with Crippen molar-refractivity contribution < 1.29 is 37.3 Å². The second-order valence-corrected chi connectivity index (χ2v) is 1.94. The van der Waals surface area contributed by atoms with Crippen LogP contribution in [-0.2, 0) is 16.5 Å². The van der Waals surface area contributed by atoms with E-state index in [9.17, 15) is 0 Å². The summed E-state index contributed by atoms with van der Waals surface area (Å²) in [6.07, 6.45) is 0. The summed E-state index contributed by atoms with van der Waals surface area (Å²) in [5, 5.41) is 41.1. The van der Waals surface area contributed by atoms with Crippen LogP contribution in [0.25, 0.3) is 0 Å². The molecule has 0 aromatic carbocycles. The fraction of sp³-hybridized carbons (Fsp3) is 0. The molecule has 0 aromatic heterocycles. The van der Waals surface area contributed by atoms with Crippen LogP contribution in [0.1, 0.15) is 0 Å². The zero-order chi connectivity index (χ0) is 13.1. The van der Waals surface area contributed by atoms with Crippen LogP contribution < -0.4 is 22.9 Å². The van der Waals surface area contributed by atoms with Crippen molar-refractivity contribution >= 4 is 23.3 Å². The molecule has 17 heavy (non-hydrogen) atoms. The average Bonchev–Trinajstić information content (AvgIpc) is 2.35. The molecule has 0 atom stereocenters. The van der Waals surface area contributed by atoms with E-state index >= 15 is 0 Å². The van der Waals surface area contributed by atoms with Crippen molar-refractivity contribution in [3.8, 4) is 0 Å². The molecule has 12 N–H and O–H groups in total. The molecule has 0 radical (unpaired) electrons. The van der Waals surface area contributed by atoms with Crippen molar-refractivity contribution in [1.82, 2.24) is 0 Å². The van der Waals surface area contributed by atoms with Crippen LogP contribution in [0.3, 0.4) is 0 Å². The minimum atomic E-state index is -0.410. The Morgan fingerprint density at radius 3 is 0.706 bits per heavy atom. The van der Waals surface area contributed by atoms with Gasteiger partial charge in [0.1, 0.15) is 0 Å². The van der Waals surface area contributed by atoms with E-state index in [2.05, 4.69) is 20.6 Å². The molecule has 0 spiro atoms. The van der Waals surface area contributed by atoms with Crippen molar-refractivity contribution in [3.63, 3.8) is 0 Å². The van der Waals surface area contributed by atoms with Crippen LogP contribution in [0.15, 0.2) is 20.6 Å². The van der Waals surface area contributed by atoms with Crippen LogP contribution in [-0.4, -0.2) is 44.2 Å². The van der Waals surface area contributed by atoms with Gasteiger partial charge in [0.05, 0.1) is 0 Å². The van der Waals surface area contributed by atoms with Gasteiger partial charge in [-0.25, -0.2) is 0 Å². The molecule has 0 unspecified atom stereocenters. The average molecular weight is 295 g/mol. The molecular formula is C4H12N8NiO4. The predicted octanol–water partition coefficient (Wildman–Crippen LogP) is -3.04. The molecule has 0 aliphatic rings. The number of hydrogen-bond donors (Lipinski definition) is 8. The topological polar surface area (TPSA) is 234 Å². The second kappa shape index (κ2) is 11.6. The van der Waals surface area contributed by atoms with Crippen molar-refractivity contribution in [1.29, 1.82) is 0 Å². The number of nitrogens with two attached hydrogens (primary N) is 4. The molecular weight excluding hydrogens is 283 g/mol. The van der Waals surface area contributed by atoms with Gasteiger partial charge in [-0.3, -0.25) is 0 Å². The van der Waals surface area contributed by atoms with E-state index in [-0.39, 0.29) is 16.5 Å². The van der Waals surface area contributed by atoms with Crippen molar-refractivity contribution in [2.45, 2.75) is 0 Å². The summed E-state index contributed by atoms with van der Waals surface area (Å²) < 4.78 is 0. The maximum Gasteiger partial charge on any atom is 0.208 e. The Hall–Kier alpha value is -2.43. The van der Waals surface area contributed by atoms with Crippen LogP contribution >= 0.6 is 0 Å². The van der Waals surface area contributed by atoms with Gasteiger partial charge in [-0.05, 0) is 0 Å². The van der Waals surface area contributed by atoms with Gasteiger partial charge in [0.25, 0.3) is 0 Å². The molecule has 0 rings (SSSR count). The Labute approximate surface area is 105 Å². The Morgan fingerprint density at radius 2 is 0.647 bits per heavy atom. The van der Waals surface area contributed by atoms with E-state index in [1.54, 1.807) is 0 Å². The standard InChI is InChI=1S/2C2H6N4O2.Ni/c2*3-1(5-7)2(4)6-8;/h2*7-8H,(H2,3,5)(H2,4,6);. The molecule has 0 saturated heterocycles. The zero-order valence-corrected chi connectivity index (χ0v) is 9.19. The predicted molar refractivity (Wildman–Crippen MR) is 53.6 cm³/mol. The first kappa shape index (κ1) is 20.0. The largest absolute Gasteiger partial charge is 0.409 e. The summed E-state index contributed by atoms with van der Waals surface area (Å²) in [5.41, 5.74) is 19.2. The molecule has 0 heterocycles. The van der Waals surface area contributed by atoms with E-state index in [4.69, 9.17) is 43.8 Å². The smallest absolute Gasteiger partial charge is 0.208 e. The van der Waals surface area contributed by atoms with Crippen molar-refractivity contribution in [2.75, 3.05) is 0 Å². The van der Waals surface area contributed by atoms with Crippen LogP contribution in [0.5, 0.6) is 0 Å². The minimum absolute atomic E-state index is 0. The van der Waals surface area contributed by atoms with Gasteiger partial charge in [0.2, 0.25) is 23.3 Å². The molecule has 0 saturated carbocycles. The Balaban J connectivity index is -0.000000218. The van der Waals surface area contributed by atoms with Gasteiger partial charge < -0.3 is 43.8 Å². The quantitative estimate of drug-likeness (QED) is 0.0749. The molecule has 0 bridgehead atoms. The van der Waals surface area contributed by atoms with Crippen LogP contribution in [0.4, 0.5) is 0 Å². The summed E-state index contributed by atoms with van der Waals surface area (Å²) in [6.45, 7) is 0. The van der Waals surface area contributed by atoms with Gasteiger partial charge in [0.15, 0.2) is 0 Å². The fourth-order valence-electron chi connectivity index (χ4n) is 0.205. The van der Waals surface area contributed by atoms with E-state index in [1.165, 1.54) is 0 Å². The molecule has 0 aliphatic carbocycles. The minimum Gasteiger partial charge on any atom is -0.409 e. The fourth-order valence-corrected chi connectivity index (χ4v) is 0.205. The third kappa shape index (κ3) is 9.87. The van der Waals surface area contributed by atoms with Crippen LogP contribution in [0.2, 0.25) is 0 Å². The Bertz CT molecular complexity index is 261. The summed E-state index contributed by atoms with van der Waals surface area (Å²) in [7, 11) is 0. The summed E-state index contributed by atoms with van der Waals surface area (Å²) in [5.74, 6) is -1.64. The number of oxime groups is 4. The van der Waals surface area contributed by atoms with E-state index < -0.39 is 23.3 Å². The number of rotatable bonds is 0. The molecule has 102 valence electrons. The maximum absolute atomic E-state index is 7.83. The maximum atomic E-state index is 7.83. The number of amidine groups is 4. The first-order valence-corrected chi connectivity index (χ1v) is 3.35. The molecule has 0 amide bonds. The van der Waals surface area contributed by atoms with Gasteiger partial charge in [-0.15, -0.1) is 0 Å². The third-order valence-electron chi connectivity index (χ3n) is 0.956. The SMILES string of the molecule is NC(=N\O)/C(N)=N/O.NC(=N\O)/C(N)=N/O.[Ni]. The van der Waals surface area contributed by atoms with Crippen molar-refractivity contribution in [2.24, 2.45) is 43.6 Å². The number of hydrogen-bond acceptors (Lipinski definition) is 8. The third-order valence-corrected chi connectivity index (χ3v) is 0.956. The first-order chi connectivity index (χ1) is 7.44. The summed E-state index contributed by atoms with van der Waals surface area (Å²) >= 11 is 0. The number of nitrogens with zero attached hydrogens (tertiary/aromatic N) is 4. The molecule has 0 aliphatic heterocycles. The van der Waals surface area contributed by atoms with Gasteiger partial charge in [-0.2, -0.15) is 0 Å². The van der Waals surface area contributed by atoms with E-state index in [0.717, 1.165) is 0 Å². The summed E-state index contributed by atoms with van der Waals surface area (Å²) in [6, 6.07) is 0. The van der Waals surface area contributed by atoms with Crippen LogP contribution in [0, 0.1) is 0 Å². The van der Waals surface area contributed by atoms with E-state index in [0.29, 0.717) is 0 Å². The van der Waals surface area contributed by atoms with Gasteiger partial charge in [0, 0.05) is 16.5 Å². The molecule has 12 nitrogen and oxygen atoms in total. The van der Waals surface area contributed by atoms with E-state index in [1.807, 2.05) is 0 Å². The Morgan fingerprint density at radius 1 is 0.529 bits per heavy atom. The molecule has 13 heteroatoms. The monoisotopic (exact) mass is 294 g/mol. The van der Waals surface area contributed by atoms with Gasteiger partial charge >= 0.3 is 0 Å². The first-order valence-electron chi connectivity index (χ1n) is 3.35. The second-order valence-electron chi connectivity index (χ2n) is 1.94.